The quantitative estimate of drug-likeness (QED) is 0.480. The number of nitrogens with one attached hydrogen (secondary N) is 1. The van der Waals surface area contributed by atoms with Gasteiger partial charge in [0.25, 0.3) is 5.91 Å². The average molecular weight is 418 g/mol. The molecule has 150 valence electrons. The first kappa shape index (κ1) is 19.7. The summed E-state index contributed by atoms with van der Waals surface area (Å²) < 4.78 is 1.67. The summed E-state index contributed by atoms with van der Waals surface area (Å²) in [7, 11) is 1.81. The highest BCUT2D eigenvalue weighted by atomic mass is 35.5. The van der Waals surface area contributed by atoms with E-state index in [9.17, 15) is 4.79 Å². The number of carbonyl (C=O) groups excluding carboxylic acids is 1. The van der Waals surface area contributed by atoms with Crippen LogP contribution in [0.3, 0.4) is 0 Å². The minimum atomic E-state index is -0.202. The van der Waals surface area contributed by atoms with Crippen molar-refractivity contribution in [2.24, 2.45) is 7.05 Å². The van der Waals surface area contributed by atoms with Crippen molar-refractivity contribution in [3.8, 4) is 11.1 Å². The summed E-state index contributed by atoms with van der Waals surface area (Å²) >= 11 is 5.88. The Labute approximate surface area is 179 Å². The molecule has 2 heterocycles. The summed E-state index contributed by atoms with van der Waals surface area (Å²) in [5, 5.41) is 8.58. The number of allylic oxidation sites excluding steroid dienone is 1. The van der Waals surface area contributed by atoms with Crippen LogP contribution in [0.1, 0.15) is 23.0 Å². The molecule has 0 saturated carbocycles. The first-order chi connectivity index (χ1) is 14.3. The molecule has 0 aliphatic rings. The predicted octanol–water partition coefficient (Wildman–Crippen LogP) is 5.16. The topological polar surface area (TPSA) is 85.8 Å². The van der Waals surface area contributed by atoms with E-state index in [0.717, 1.165) is 27.8 Å². The highest BCUT2D eigenvalue weighted by molar-refractivity contribution is 6.30. The third kappa shape index (κ3) is 3.65. The Bertz CT molecular complexity index is 1270. The molecule has 3 N–H and O–H groups in total. The van der Waals surface area contributed by atoms with E-state index >= 15 is 0 Å². The molecule has 0 fully saturated rings. The normalized spacial score (nSPS) is 10.9. The van der Waals surface area contributed by atoms with E-state index in [2.05, 4.69) is 22.0 Å². The fourth-order valence-electron chi connectivity index (χ4n) is 3.26. The largest absolute Gasteiger partial charge is 0.382 e. The molecule has 0 bridgehead atoms. The van der Waals surface area contributed by atoms with Gasteiger partial charge >= 0.3 is 0 Å². The van der Waals surface area contributed by atoms with Gasteiger partial charge in [-0.3, -0.25) is 4.79 Å². The van der Waals surface area contributed by atoms with Gasteiger partial charge in [-0.05, 0) is 66.1 Å². The van der Waals surface area contributed by atoms with Crippen LogP contribution < -0.4 is 11.1 Å². The number of fused-ring (bicyclic) bond motifs is 1. The van der Waals surface area contributed by atoms with Gasteiger partial charge in [-0.1, -0.05) is 30.3 Å². The number of pyridine rings is 1. The number of benzene rings is 2. The summed E-state index contributed by atoms with van der Waals surface area (Å²) in [6.07, 6.45) is 0. The molecule has 1 amide bonds. The number of hydrogen-bond donors (Lipinski definition) is 2. The molecule has 4 aromatic rings. The zero-order valence-corrected chi connectivity index (χ0v) is 17.4. The Hall–Kier alpha value is -3.64. The van der Waals surface area contributed by atoms with Crippen molar-refractivity contribution in [2.45, 2.75) is 6.92 Å². The van der Waals surface area contributed by atoms with E-state index in [0.29, 0.717) is 27.7 Å². The summed E-state index contributed by atoms with van der Waals surface area (Å²) in [4.78, 5) is 17.1. The Kier molecular flexibility index (Phi) is 5.01. The molecule has 0 unspecified atom stereocenters. The van der Waals surface area contributed by atoms with E-state index in [1.807, 2.05) is 44.3 Å². The number of nitrogens with two attached hydrogens (primary N) is 1. The van der Waals surface area contributed by atoms with Gasteiger partial charge in [-0.2, -0.15) is 5.10 Å². The van der Waals surface area contributed by atoms with Crippen LogP contribution in [0.15, 0.2) is 61.2 Å². The van der Waals surface area contributed by atoms with Crippen LogP contribution in [0.25, 0.3) is 27.7 Å². The lowest BCUT2D eigenvalue weighted by Gasteiger charge is -2.10. The third-order valence-corrected chi connectivity index (χ3v) is 5.07. The first-order valence-electron chi connectivity index (χ1n) is 9.30. The van der Waals surface area contributed by atoms with Crippen LogP contribution in [0.4, 0.5) is 11.5 Å². The second kappa shape index (κ2) is 7.65. The lowest BCUT2D eigenvalue weighted by molar-refractivity contribution is 0.102. The van der Waals surface area contributed by atoms with Crippen LogP contribution >= 0.6 is 11.6 Å². The first-order valence-corrected chi connectivity index (χ1v) is 9.68. The van der Waals surface area contributed by atoms with Gasteiger partial charge in [-0.15, -0.1) is 0 Å². The monoisotopic (exact) mass is 417 g/mol. The van der Waals surface area contributed by atoms with E-state index in [4.69, 9.17) is 17.3 Å². The number of carbonyl (C=O) groups is 1. The van der Waals surface area contributed by atoms with Crippen molar-refractivity contribution in [2.75, 3.05) is 11.1 Å². The zero-order chi connectivity index (χ0) is 21.4. The average Bonchev–Trinajstić information content (AvgIpc) is 3.02. The van der Waals surface area contributed by atoms with Crippen LogP contribution in [0.5, 0.6) is 0 Å². The fraction of sp³-hybridized carbons (Fsp3) is 0.0870. The molecule has 6 nitrogen and oxygen atoms in total. The van der Waals surface area contributed by atoms with Crippen molar-refractivity contribution < 1.29 is 4.79 Å². The Morgan fingerprint density at radius 1 is 1.13 bits per heavy atom. The maximum atomic E-state index is 12.4. The van der Waals surface area contributed by atoms with Gasteiger partial charge in [-0.25, -0.2) is 9.67 Å². The lowest BCUT2D eigenvalue weighted by Crippen LogP contribution is -2.11. The number of hydrogen-bond acceptors (Lipinski definition) is 4. The number of anilines is 2. The van der Waals surface area contributed by atoms with E-state index in [-0.39, 0.29) is 5.91 Å². The molecule has 0 spiro atoms. The lowest BCUT2D eigenvalue weighted by atomic mass is 10.0. The van der Waals surface area contributed by atoms with Crippen LogP contribution in [0.2, 0.25) is 5.02 Å². The second-order valence-corrected chi connectivity index (χ2v) is 7.52. The van der Waals surface area contributed by atoms with Crippen molar-refractivity contribution in [1.82, 2.24) is 14.8 Å². The molecule has 7 heteroatoms. The number of rotatable bonds is 4. The molecule has 2 aromatic heterocycles. The minimum absolute atomic E-state index is 0.202. The van der Waals surface area contributed by atoms with Crippen molar-refractivity contribution in [3.05, 3.63) is 77.5 Å². The summed E-state index contributed by atoms with van der Waals surface area (Å²) in [5.74, 6) is 0.218. The van der Waals surface area contributed by atoms with Gasteiger partial charge < -0.3 is 11.1 Å². The van der Waals surface area contributed by atoms with Crippen LogP contribution in [-0.2, 0) is 7.05 Å². The number of halogens is 1. The predicted molar refractivity (Wildman–Crippen MR) is 122 cm³/mol. The zero-order valence-electron chi connectivity index (χ0n) is 16.6. The Morgan fingerprint density at radius 3 is 2.43 bits per heavy atom. The Balaban J connectivity index is 1.69. The minimum Gasteiger partial charge on any atom is -0.382 e. The molecule has 0 radical (unpaired) electrons. The van der Waals surface area contributed by atoms with Crippen LogP contribution in [-0.4, -0.2) is 20.7 Å². The summed E-state index contributed by atoms with van der Waals surface area (Å²) in [5.41, 5.74) is 11.6. The maximum absolute atomic E-state index is 12.4. The maximum Gasteiger partial charge on any atom is 0.255 e. The van der Waals surface area contributed by atoms with E-state index < -0.39 is 0 Å². The van der Waals surface area contributed by atoms with Crippen LogP contribution in [0, 0.1) is 0 Å². The molecule has 0 aliphatic carbocycles. The van der Waals surface area contributed by atoms with Gasteiger partial charge in [0.15, 0.2) is 11.5 Å². The summed E-state index contributed by atoms with van der Waals surface area (Å²) in [6, 6.07) is 16.3. The number of nitrogen functional groups attached to an aromatic ring is 1. The van der Waals surface area contributed by atoms with Crippen molar-refractivity contribution >= 4 is 45.6 Å². The van der Waals surface area contributed by atoms with Gasteiger partial charge in [0.2, 0.25) is 0 Å². The molecular formula is C23H20ClN5O. The fourth-order valence-corrected chi connectivity index (χ4v) is 3.39. The highest BCUT2D eigenvalue weighted by Gasteiger charge is 2.16. The van der Waals surface area contributed by atoms with E-state index in [1.54, 1.807) is 28.9 Å². The van der Waals surface area contributed by atoms with Gasteiger partial charge in [0, 0.05) is 23.3 Å². The number of aryl methyl sites for hydroxylation is 1. The standard InChI is InChI=1S/C23H20ClN5O/c1-13(2)19-12-18(20-21(25)28-29(3)22(20)27-19)14-6-10-17(11-7-14)26-23(30)15-4-8-16(24)9-5-15/h4-12H,1H2,2-3H3,(H2,25,28)(H,26,30). The number of amides is 1. The molecule has 0 atom stereocenters. The van der Waals surface area contributed by atoms with Crippen molar-refractivity contribution in [3.63, 3.8) is 0 Å². The molecule has 30 heavy (non-hydrogen) atoms. The summed E-state index contributed by atoms with van der Waals surface area (Å²) in [6.45, 7) is 5.92. The molecule has 2 aromatic carbocycles. The molecular weight excluding hydrogens is 398 g/mol. The molecule has 0 saturated heterocycles. The SMILES string of the molecule is C=C(C)c1cc(-c2ccc(NC(=O)c3ccc(Cl)cc3)cc2)c2c(N)nn(C)c2n1. The van der Waals surface area contributed by atoms with Gasteiger partial charge in [0.05, 0.1) is 11.1 Å². The van der Waals surface area contributed by atoms with Gasteiger partial charge in [0.1, 0.15) is 0 Å². The van der Waals surface area contributed by atoms with E-state index in [1.165, 1.54) is 0 Å². The number of aromatic nitrogens is 3. The van der Waals surface area contributed by atoms with Crippen molar-refractivity contribution in [1.29, 1.82) is 0 Å². The third-order valence-electron chi connectivity index (χ3n) is 4.82. The number of nitrogens with zero attached hydrogens (tertiary/aromatic N) is 3. The Morgan fingerprint density at radius 2 is 1.80 bits per heavy atom. The molecule has 0 aliphatic heterocycles. The molecule has 4 rings (SSSR count). The smallest absolute Gasteiger partial charge is 0.255 e. The second-order valence-electron chi connectivity index (χ2n) is 7.08. The highest BCUT2D eigenvalue weighted by Crippen LogP contribution is 2.34.